The van der Waals surface area contributed by atoms with Gasteiger partial charge < -0.3 is 16.0 Å². The van der Waals surface area contributed by atoms with Gasteiger partial charge in [0.15, 0.2) is 0 Å². The van der Waals surface area contributed by atoms with Crippen molar-refractivity contribution in [1.29, 1.82) is 0 Å². The van der Waals surface area contributed by atoms with E-state index in [-0.39, 0.29) is 11.9 Å². The third-order valence-electron chi connectivity index (χ3n) is 4.06. The Labute approximate surface area is 124 Å². The molecule has 1 rings (SSSR count). The number of nitrogens with one attached hydrogen (secondary N) is 3. The van der Waals surface area contributed by atoms with Crippen molar-refractivity contribution in [2.24, 2.45) is 5.92 Å². The normalized spacial score (nSPS) is 23.1. The van der Waals surface area contributed by atoms with Crippen LogP contribution in [0.1, 0.15) is 59.3 Å². The van der Waals surface area contributed by atoms with Crippen molar-refractivity contribution in [2.45, 2.75) is 77.4 Å². The molecule has 20 heavy (non-hydrogen) atoms. The molecule has 3 unspecified atom stereocenters. The van der Waals surface area contributed by atoms with Crippen molar-refractivity contribution in [3.05, 3.63) is 0 Å². The van der Waals surface area contributed by atoms with Gasteiger partial charge in [0.2, 0.25) is 5.91 Å². The topological polar surface area (TPSA) is 53.2 Å². The second-order valence-corrected chi connectivity index (χ2v) is 6.60. The van der Waals surface area contributed by atoms with Gasteiger partial charge >= 0.3 is 0 Å². The summed E-state index contributed by atoms with van der Waals surface area (Å²) in [5, 5.41) is 9.92. The molecule has 1 heterocycles. The molecule has 0 aromatic heterocycles. The molecule has 1 fully saturated rings. The summed E-state index contributed by atoms with van der Waals surface area (Å²) in [4.78, 5) is 11.9. The van der Waals surface area contributed by atoms with E-state index < -0.39 is 0 Å². The van der Waals surface area contributed by atoms with Crippen LogP contribution in [0.4, 0.5) is 0 Å². The van der Waals surface area contributed by atoms with E-state index in [4.69, 9.17) is 0 Å². The smallest absolute Gasteiger partial charge is 0.236 e. The maximum atomic E-state index is 11.9. The highest BCUT2D eigenvalue weighted by Crippen LogP contribution is 2.14. The first-order valence-corrected chi connectivity index (χ1v) is 8.24. The fourth-order valence-electron chi connectivity index (χ4n) is 3.04. The Bertz CT molecular complexity index is 273. The van der Waals surface area contributed by atoms with Gasteiger partial charge in [-0.3, -0.25) is 4.79 Å². The molecule has 0 aliphatic carbocycles. The van der Waals surface area contributed by atoms with Crippen molar-refractivity contribution < 1.29 is 4.79 Å². The minimum Gasteiger partial charge on any atom is -0.358 e. The van der Waals surface area contributed by atoms with Gasteiger partial charge in [0, 0.05) is 19.1 Å². The van der Waals surface area contributed by atoms with E-state index in [1.807, 2.05) is 0 Å². The molecule has 0 aromatic carbocycles. The molecule has 3 N–H and O–H groups in total. The van der Waals surface area contributed by atoms with Crippen molar-refractivity contribution in [1.82, 2.24) is 16.0 Å². The summed E-state index contributed by atoms with van der Waals surface area (Å²) < 4.78 is 0. The van der Waals surface area contributed by atoms with Gasteiger partial charge in [-0.1, -0.05) is 26.7 Å². The zero-order valence-corrected chi connectivity index (χ0v) is 13.7. The summed E-state index contributed by atoms with van der Waals surface area (Å²) in [5.41, 5.74) is 0. The van der Waals surface area contributed by atoms with Crippen molar-refractivity contribution >= 4 is 5.91 Å². The predicted octanol–water partition coefficient (Wildman–Crippen LogP) is 2.05. The third kappa shape index (κ3) is 6.71. The minimum atomic E-state index is -0.0687. The Morgan fingerprint density at radius 3 is 2.65 bits per heavy atom. The largest absolute Gasteiger partial charge is 0.358 e. The van der Waals surface area contributed by atoms with Crippen LogP contribution in [-0.2, 0) is 4.79 Å². The van der Waals surface area contributed by atoms with Crippen LogP contribution in [0.25, 0.3) is 0 Å². The molecule has 4 nitrogen and oxygen atoms in total. The van der Waals surface area contributed by atoms with Gasteiger partial charge in [0.05, 0.1) is 6.04 Å². The number of carbonyl (C=O) groups is 1. The van der Waals surface area contributed by atoms with E-state index in [1.165, 1.54) is 25.7 Å². The van der Waals surface area contributed by atoms with Crippen LogP contribution in [0.5, 0.6) is 0 Å². The van der Waals surface area contributed by atoms with E-state index in [0.29, 0.717) is 18.0 Å². The molecule has 1 saturated heterocycles. The van der Waals surface area contributed by atoms with Gasteiger partial charge in [-0.15, -0.1) is 0 Å². The zero-order valence-electron chi connectivity index (χ0n) is 13.7. The predicted molar refractivity (Wildman–Crippen MR) is 84.8 cm³/mol. The lowest BCUT2D eigenvalue weighted by atomic mass is 9.99. The molecule has 1 aliphatic heterocycles. The molecule has 1 aliphatic rings. The lowest BCUT2D eigenvalue weighted by Crippen LogP contribution is -2.49. The average Bonchev–Trinajstić information content (AvgIpc) is 2.65. The Morgan fingerprint density at radius 1 is 1.25 bits per heavy atom. The molecule has 0 aromatic rings. The summed E-state index contributed by atoms with van der Waals surface area (Å²) in [6.07, 6.45) is 7.23. The highest BCUT2D eigenvalue weighted by Gasteiger charge is 2.22. The summed E-state index contributed by atoms with van der Waals surface area (Å²) >= 11 is 0. The van der Waals surface area contributed by atoms with Crippen molar-refractivity contribution in [2.75, 3.05) is 13.6 Å². The third-order valence-corrected chi connectivity index (χ3v) is 4.06. The maximum Gasteiger partial charge on any atom is 0.236 e. The summed E-state index contributed by atoms with van der Waals surface area (Å²) in [6, 6.07) is 0.900. The fraction of sp³-hybridized carbons (Fsp3) is 0.938. The molecular formula is C16H33N3O. The highest BCUT2D eigenvalue weighted by molar-refractivity contribution is 5.81. The van der Waals surface area contributed by atoms with Crippen LogP contribution in [0.15, 0.2) is 0 Å². The van der Waals surface area contributed by atoms with E-state index in [1.54, 1.807) is 7.05 Å². The molecule has 0 radical (unpaired) electrons. The SMILES string of the molecule is CNC(=O)C(CC(C)C)NC(C)CC1CCCCCN1. The van der Waals surface area contributed by atoms with Crippen LogP contribution in [-0.4, -0.2) is 37.6 Å². The van der Waals surface area contributed by atoms with Gasteiger partial charge in [-0.2, -0.15) is 0 Å². The molecule has 0 saturated carbocycles. The maximum absolute atomic E-state index is 11.9. The molecular weight excluding hydrogens is 250 g/mol. The lowest BCUT2D eigenvalue weighted by molar-refractivity contribution is -0.123. The van der Waals surface area contributed by atoms with Gasteiger partial charge in [0.1, 0.15) is 0 Å². The fourth-order valence-corrected chi connectivity index (χ4v) is 3.04. The molecule has 118 valence electrons. The van der Waals surface area contributed by atoms with Gasteiger partial charge in [-0.05, 0) is 45.1 Å². The molecule has 0 spiro atoms. The van der Waals surface area contributed by atoms with Gasteiger partial charge in [0.25, 0.3) is 0 Å². The Balaban J connectivity index is 2.43. The summed E-state index contributed by atoms with van der Waals surface area (Å²) in [5.74, 6) is 0.632. The van der Waals surface area contributed by atoms with Crippen molar-refractivity contribution in [3.8, 4) is 0 Å². The lowest BCUT2D eigenvalue weighted by Gasteiger charge is -2.26. The van der Waals surface area contributed by atoms with E-state index in [0.717, 1.165) is 19.4 Å². The van der Waals surface area contributed by atoms with Crippen LogP contribution in [0.2, 0.25) is 0 Å². The Hall–Kier alpha value is -0.610. The number of rotatable bonds is 7. The quantitative estimate of drug-likeness (QED) is 0.670. The number of amides is 1. The Kier molecular flexibility index (Phi) is 8.15. The number of hydrogen-bond acceptors (Lipinski definition) is 3. The number of likely N-dealkylation sites (N-methyl/N-ethyl adjacent to an activating group) is 1. The standard InChI is InChI=1S/C16H33N3O/c1-12(2)10-15(16(20)17-4)19-13(3)11-14-8-6-5-7-9-18-14/h12-15,18-19H,5-11H2,1-4H3,(H,17,20). The molecule has 0 bridgehead atoms. The first-order chi connectivity index (χ1) is 9.52. The highest BCUT2D eigenvalue weighted by atomic mass is 16.2. The van der Waals surface area contributed by atoms with Crippen LogP contribution < -0.4 is 16.0 Å². The Morgan fingerprint density at radius 2 is 2.00 bits per heavy atom. The zero-order chi connectivity index (χ0) is 15.0. The molecule has 3 atom stereocenters. The first kappa shape index (κ1) is 17.4. The van der Waals surface area contributed by atoms with E-state index >= 15 is 0 Å². The van der Waals surface area contributed by atoms with Gasteiger partial charge in [-0.25, -0.2) is 0 Å². The van der Waals surface area contributed by atoms with Crippen LogP contribution in [0, 0.1) is 5.92 Å². The molecule has 4 heteroatoms. The van der Waals surface area contributed by atoms with E-state index in [2.05, 4.69) is 36.7 Å². The van der Waals surface area contributed by atoms with Crippen LogP contribution in [0.3, 0.4) is 0 Å². The first-order valence-electron chi connectivity index (χ1n) is 8.24. The second-order valence-electron chi connectivity index (χ2n) is 6.60. The van der Waals surface area contributed by atoms with E-state index in [9.17, 15) is 4.79 Å². The minimum absolute atomic E-state index is 0.0687. The number of hydrogen-bond donors (Lipinski definition) is 3. The summed E-state index contributed by atoms with van der Waals surface area (Å²) in [6.45, 7) is 7.66. The average molecular weight is 283 g/mol. The van der Waals surface area contributed by atoms with Crippen molar-refractivity contribution in [3.63, 3.8) is 0 Å². The monoisotopic (exact) mass is 283 g/mol. The summed E-state index contributed by atoms with van der Waals surface area (Å²) in [7, 11) is 1.72. The molecule has 1 amide bonds. The van der Waals surface area contributed by atoms with Crippen LogP contribution >= 0.6 is 0 Å². The second kappa shape index (κ2) is 9.35. The number of carbonyl (C=O) groups excluding carboxylic acids is 1.